The van der Waals surface area contributed by atoms with Crippen molar-refractivity contribution in [1.82, 2.24) is 20.2 Å². The van der Waals surface area contributed by atoms with Crippen LogP contribution in [0, 0.1) is 5.82 Å². The summed E-state index contributed by atoms with van der Waals surface area (Å²) in [5.74, 6) is -5.15. The first-order valence-electron chi connectivity index (χ1n) is 12.2. The van der Waals surface area contributed by atoms with Crippen molar-refractivity contribution in [3.63, 3.8) is 0 Å². The van der Waals surface area contributed by atoms with Crippen LogP contribution in [0.5, 0.6) is 0 Å². The molecule has 6 N–H and O–H groups in total. The summed E-state index contributed by atoms with van der Waals surface area (Å²) in [6.07, 6.45) is 3.32. The lowest BCUT2D eigenvalue weighted by molar-refractivity contribution is -0.170. The molecule has 2 heterocycles. The number of carbonyl (C=O) groups is 3. The van der Waals surface area contributed by atoms with Gasteiger partial charge in [0.15, 0.2) is 5.60 Å². The molecule has 0 spiro atoms. The van der Waals surface area contributed by atoms with Crippen LogP contribution in [0.15, 0.2) is 36.8 Å². The molecule has 0 atom stereocenters. The highest BCUT2D eigenvalue weighted by molar-refractivity contribution is 5.88. The van der Waals surface area contributed by atoms with E-state index in [1.54, 1.807) is 18.5 Å². The summed E-state index contributed by atoms with van der Waals surface area (Å²) in [6, 6.07) is 7.44. The molecule has 210 valence electrons. The van der Waals surface area contributed by atoms with Crippen LogP contribution >= 0.6 is 0 Å². The lowest BCUT2D eigenvalue weighted by Crippen LogP contribution is -2.62. The Kier molecular flexibility index (Phi) is 10.1. The van der Waals surface area contributed by atoms with Crippen LogP contribution in [0.3, 0.4) is 0 Å². The van der Waals surface area contributed by atoms with Crippen LogP contribution in [-0.4, -0.2) is 75.9 Å². The van der Waals surface area contributed by atoms with E-state index in [0.717, 1.165) is 30.6 Å². The number of benzene rings is 1. The van der Waals surface area contributed by atoms with Crippen molar-refractivity contribution < 1.29 is 39.2 Å². The quantitative estimate of drug-likeness (QED) is 0.265. The largest absolute Gasteiger partial charge is 0.481 e. The third-order valence-corrected chi connectivity index (χ3v) is 6.23. The number of piperidine rings is 1. The molecule has 2 aromatic rings. The Hall–Kier alpha value is -3.35. The number of aromatic nitrogens is 2. The molecule has 1 aromatic carbocycles. The number of aliphatic carboxylic acids is 3. The topological polar surface area (TPSA) is 176 Å². The number of halogens is 1. The summed E-state index contributed by atoms with van der Waals surface area (Å²) in [6.45, 7) is 10.3. The van der Waals surface area contributed by atoms with Crippen molar-refractivity contribution in [3.05, 3.63) is 53.9 Å². The van der Waals surface area contributed by atoms with Crippen molar-refractivity contribution in [2.24, 2.45) is 0 Å². The fraction of sp³-hybridized carbons (Fsp3) is 0.538. The molecule has 11 nitrogen and oxygen atoms in total. The summed E-state index contributed by atoms with van der Waals surface area (Å²) < 4.78 is 14.2. The van der Waals surface area contributed by atoms with Gasteiger partial charge in [-0.25, -0.2) is 14.2 Å². The van der Waals surface area contributed by atoms with E-state index in [2.05, 4.69) is 47.9 Å². The lowest BCUT2D eigenvalue weighted by Gasteiger charge is -2.49. The molecule has 0 radical (unpaired) electrons. The van der Waals surface area contributed by atoms with E-state index in [1.807, 2.05) is 18.3 Å². The zero-order valence-electron chi connectivity index (χ0n) is 22.1. The Bertz CT molecular complexity index is 1070. The molecule has 1 aliphatic heterocycles. The number of carboxylic acids is 3. The summed E-state index contributed by atoms with van der Waals surface area (Å²) in [5, 5.41) is 37.5. The Balaban J connectivity index is 0.000000332. The Morgan fingerprint density at radius 2 is 1.58 bits per heavy atom. The highest BCUT2D eigenvalue weighted by Gasteiger charge is 2.41. The van der Waals surface area contributed by atoms with E-state index in [4.69, 9.17) is 20.4 Å². The van der Waals surface area contributed by atoms with Gasteiger partial charge in [-0.1, -0.05) is 18.2 Å². The zero-order chi connectivity index (χ0) is 28.7. The van der Waals surface area contributed by atoms with E-state index in [9.17, 15) is 18.8 Å². The molecule has 0 bridgehead atoms. The maximum Gasteiger partial charge on any atom is 0.336 e. The van der Waals surface area contributed by atoms with Crippen molar-refractivity contribution in [3.8, 4) is 0 Å². The van der Waals surface area contributed by atoms with E-state index in [1.165, 1.54) is 0 Å². The third-order valence-electron chi connectivity index (χ3n) is 6.23. The SMILES string of the molecule is CC1(C)CC(N(Cc2cnc[nH]2)Cc2ccccc2F)CC(C)(C)N1.O=C(O)CC(O)(CC(=O)O)C(=O)O. The minimum absolute atomic E-state index is 0.0495. The molecular weight excluding hydrogens is 499 g/mol. The van der Waals surface area contributed by atoms with Gasteiger partial charge in [0.05, 0.1) is 19.2 Å². The number of carboxylic acid groups (broad SMARTS) is 3. The van der Waals surface area contributed by atoms with E-state index in [-0.39, 0.29) is 16.9 Å². The number of hydrogen-bond acceptors (Lipinski definition) is 7. The first-order chi connectivity index (χ1) is 17.5. The van der Waals surface area contributed by atoms with Crippen LogP contribution in [0.2, 0.25) is 0 Å². The van der Waals surface area contributed by atoms with Gasteiger partial charge in [0.2, 0.25) is 0 Å². The number of H-pyrrole nitrogens is 1. The van der Waals surface area contributed by atoms with Crippen molar-refractivity contribution in [2.45, 2.75) is 89.2 Å². The van der Waals surface area contributed by atoms with Crippen LogP contribution in [-0.2, 0) is 27.5 Å². The molecular formula is C26H37FN4O7. The minimum Gasteiger partial charge on any atom is -0.481 e. The van der Waals surface area contributed by atoms with Gasteiger partial charge < -0.3 is 30.7 Å². The monoisotopic (exact) mass is 536 g/mol. The normalized spacial score (nSPS) is 16.9. The van der Waals surface area contributed by atoms with Crippen molar-refractivity contribution >= 4 is 17.9 Å². The van der Waals surface area contributed by atoms with Crippen LogP contribution in [0.1, 0.15) is 64.6 Å². The van der Waals surface area contributed by atoms with Crippen LogP contribution in [0.25, 0.3) is 0 Å². The molecule has 1 fully saturated rings. The molecule has 38 heavy (non-hydrogen) atoms. The van der Waals surface area contributed by atoms with Gasteiger partial charge in [-0.05, 0) is 46.6 Å². The molecule has 12 heteroatoms. The molecule has 0 aliphatic carbocycles. The Morgan fingerprint density at radius 1 is 1.03 bits per heavy atom. The predicted molar refractivity (Wildman–Crippen MR) is 136 cm³/mol. The molecule has 1 aromatic heterocycles. The second kappa shape index (κ2) is 12.5. The maximum atomic E-state index is 14.2. The summed E-state index contributed by atoms with van der Waals surface area (Å²) in [7, 11) is 0. The highest BCUT2D eigenvalue weighted by Crippen LogP contribution is 2.33. The number of nitrogens with zero attached hydrogens (tertiary/aromatic N) is 2. The number of aromatic amines is 1. The van der Waals surface area contributed by atoms with Gasteiger partial charge in [0.1, 0.15) is 5.82 Å². The number of rotatable bonds is 10. The first-order valence-corrected chi connectivity index (χ1v) is 12.2. The van der Waals surface area contributed by atoms with Crippen LogP contribution in [0.4, 0.5) is 4.39 Å². The second-order valence-electron chi connectivity index (χ2n) is 11.0. The third kappa shape index (κ3) is 9.51. The van der Waals surface area contributed by atoms with Crippen LogP contribution < -0.4 is 5.32 Å². The summed E-state index contributed by atoms with van der Waals surface area (Å²) >= 11 is 0. The van der Waals surface area contributed by atoms with Gasteiger partial charge in [0, 0.05) is 47.7 Å². The average Bonchev–Trinajstić information content (AvgIpc) is 3.25. The molecule has 3 rings (SSSR count). The van der Waals surface area contributed by atoms with E-state index < -0.39 is 36.4 Å². The van der Waals surface area contributed by atoms with Gasteiger partial charge in [-0.3, -0.25) is 14.5 Å². The smallest absolute Gasteiger partial charge is 0.336 e. The Labute approximate surface area is 220 Å². The summed E-state index contributed by atoms with van der Waals surface area (Å²) in [5.41, 5.74) is -0.832. The first kappa shape index (κ1) is 30.9. The highest BCUT2D eigenvalue weighted by atomic mass is 19.1. The fourth-order valence-electron chi connectivity index (χ4n) is 4.99. The molecule has 0 amide bonds. The standard InChI is InChI=1S/C20H29FN4.C6H8O7/c1-19(2)9-17(10-20(3,4)24-19)25(13-16-11-22-14-23-16)12-15-7-5-6-8-18(15)21;7-3(8)1-6(13,5(11)12)2-4(9)10/h5-8,11,14,17,24H,9-10,12-13H2,1-4H3,(H,22,23);13H,1-2H2,(H,7,8)(H,9,10)(H,11,12). The van der Waals surface area contributed by atoms with Gasteiger partial charge >= 0.3 is 17.9 Å². The number of hydrogen-bond donors (Lipinski definition) is 6. The predicted octanol–water partition coefficient (Wildman–Crippen LogP) is 2.61. The van der Waals surface area contributed by atoms with E-state index in [0.29, 0.717) is 12.6 Å². The molecule has 0 saturated carbocycles. The van der Waals surface area contributed by atoms with Gasteiger partial charge in [-0.2, -0.15) is 0 Å². The van der Waals surface area contributed by atoms with Gasteiger partial charge in [-0.15, -0.1) is 0 Å². The molecule has 1 aliphatic rings. The summed E-state index contributed by atoms with van der Waals surface area (Å²) in [4.78, 5) is 40.2. The van der Waals surface area contributed by atoms with E-state index >= 15 is 0 Å². The van der Waals surface area contributed by atoms with Crippen molar-refractivity contribution in [2.75, 3.05) is 0 Å². The van der Waals surface area contributed by atoms with Gasteiger partial charge in [0.25, 0.3) is 0 Å². The Morgan fingerprint density at radius 3 is 2.03 bits per heavy atom. The maximum absolute atomic E-state index is 14.2. The molecule has 1 saturated heterocycles. The second-order valence-corrected chi connectivity index (χ2v) is 11.0. The zero-order valence-corrected chi connectivity index (χ0v) is 22.1. The fourth-order valence-corrected chi connectivity index (χ4v) is 4.99. The number of imidazole rings is 1. The number of nitrogens with one attached hydrogen (secondary N) is 2. The number of aliphatic hydroxyl groups is 1. The average molecular weight is 537 g/mol. The minimum atomic E-state index is -2.74. The molecule has 0 unspecified atom stereocenters. The van der Waals surface area contributed by atoms with Crippen molar-refractivity contribution in [1.29, 1.82) is 0 Å². The lowest BCUT2D eigenvalue weighted by atomic mass is 9.79.